The summed E-state index contributed by atoms with van der Waals surface area (Å²) in [6.45, 7) is 3.03. The van der Waals surface area contributed by atoms with Crippen LogP contribution in [0.4, 0.5) is 18.9 Å². The molecule has 0 spiro atoms. The lowest BCUT2D eigenvalue weighted by molar-refractivity contribution is -0.141. The number of imide groups is 1. The van der Waals surface area contributed by atoms with Crippen LogP contribution in [0, 0.1) is 5.92 Å². The van der Waals surface area contributed by atoms with Crippen LogP contribution >= 0.6 is 0 Å². The van der Waals surface area contributed by atoms with Gasteiger partial charge in [-0.1, -0.05) is 12.1 Å². The summed E-state index contributed by atoms with van der Waals surface area (Å²) in [5.41, 5.74) is 1.93. The van der Waals surface area contributed by atoms with Gasteiger partial charge in [-0.3, -0.25) is 33.5 Å². The highest BCUT2D eigenvalue weighted by Crippen LogP contribution is 2.37. The van der Waals surface area contributed by atoms with Crippen molar-refractivity contribution in [2.75, 3.05) is 32.1 Å². The van der Waals surface area contributed by atoms with Crippen LogP contribution in [0.1, 0.15) is 91.1 Å². The van der Waals surface area contributed by atoms with Crippen molar-refractivity contribution in [1.29, 1.82) is 0 Å². The number of pyridine rings is 1. The monoisotopic (exact) mass is 772 g/mol. The van der Waals surface area contributed by atoms with Gasteiger partial charge in [0, 0.05) is 37.7 Å². The number of likely N-dealkylation sites (tertiary alicyclic amines) is 1. The second kappa shape index (κ2) is 14.9. The third-order valence-corrected chi connectivity index (χ3v) is 11.8. The third-order valence-electron chi connectivity index (χ3n) is 11.8. The zero-order chi connectivity index (χ0) is 39.3. The predicted molar refractivity (Wildman–Crippen MR) is 201 cm³/mol. The first-order valence-electron chi connectivity index (χ1n) is 19.1. The number of hydrogen-bond acceptors (Lipinski definition) is 8. The minimum atomic E-state index is -4.67. The van der Waals surface area contributed by atoms with Gasteiger partial charge >= 0.3 is 11.9 Å². The number of fused-ring (bicyclic) bond motifs is 2. The minimum Gasteiger partial charge on any atom is -0.494 e. The molecule has 294 valence electrons. The standard InChI is InChI=1S/C40H43F3N8O5/c1-48-33-19-25(8-11-31(33)51(39(48)55)32-12-13-36(52)46-38(32)54)24-14-16-49(17-15-24)21-23-6-9-27(10-7-23)50-22-26-18-30(34(56-2)20-29(26)47-50)45-37(53)28-4-3-5-35(44-28)40(41,42)43/h3-5,8,11,18-20,22-24,27,32H,6-7,9-10,12-17,21H2,1-2H3,(H,45,53)(H,46,52,54)/t23-,27-,32?. The molecule has 5 aromatic rings. The van der Waals surface area contributed by atoms with Crippen LogP contribution in [0.15, 0.2) is 59.5 Å². The molecule has 1 atom stereocenters. The Hall–Kier alpha value is -5.51. The number of aryl methyl sites for hydroxylation is 1. The average molecular weight is 773 g/mol. The zero-order valence-electron chi connectivity index (χ0n) is 31.1. The van der Waals surface area contributed by atoms with Gasteiger partial charge < -0.3 is 15.0 Å². The van der Waals surface area contributed by atoms with Crippen LogP contribution in [0.25, 0.3) is 21.9 Å². The van der Waals surface area contributed by atoms with Crippen molar-refractivity contribution in [3.8, 4) is 5.75 Å². The first-order chi connectivity index (χ1) is 26.9. The molecule has 3 aliphatic rings. The number of methoxy groups -OCH3 is 1. The number of alkyl halides is 3. The van der Waals surface area contributed by atoms with E-state index in [2.05, 4.69) is 32.7 Å². The van der Waals surface area contributed by atoms with E-state index in [1.165, 1.54) is 23.3 Å². The number of amides is 3. The molecule has 2 saturated heterocycles. The Kier molecular flexibility index (Phi) is 9.93. The number of nitrogens with zero attached hydrogens (tertiary/aromatic N) is 6. The highest BCUT2D eigenvalue weighted by Gasteiger charge is 2.34. The van der Waals surface area contributed by atoms with E-state index in [4.69, 9.17) is 9.84 Å². The van der Waals surface area contributed by atoms with Crippen molar-refractivity contribution >= 4 is 45.3 Å². The molecule has 1 unspecified atom stereocenters. The Morgan fingerprint density at radius 2 is 1.73 bits per heavy atom. The summed E-state index contributed by atoms with van der Waals surface area (Å²) >= 11 is 0. The number of aromatic nitrogens is 5. The number of ether oxygens (including phenoxy) is 1. The fraction of sp³-hybridized carbons (Fsp3) is 0.450. The lowest BCUT2D eigenvalue weighted by Gasteiger charge is -2.36. The summed E-state index contributed by atoms with van der Waals surface area (Å²) in [4.78, 5) is 56.4. The molecule has 3 amide bonds. The molecular weight excluding hydrogens is 729 g/mol. The van der Waals surface area contributed by atoms with Crippen molar-refractivity contribution in [1.82, 2.24) is 34.1 Å². The second-order valence-corrected chi connectivity index (χ2v) is 15.3. The number of halogens is 3. The van der Waals surface area contributed by atoms with Crippen LogP contribution < -0.4 is 21.1 Å². The number of nitrogens with one attached hydrogen (secondary N) is 2. The van der Waals surface area contributed by atoms with Crippen LogP contribution in [0.5, 0.6) is 5.75 Å². The fourth-order valence-electron chi connectivity index (χ4n) is 8.70. The van der Waals surface area contributed by atoms with Gasteiger partial charge in [-0.05, 0) is 106 Å². The molecule has 13 nitrogen and oxygen atoms in total. The summed E-state index contributed by atoms with van der Waals surface area (Å²) in [6, 6.07) is 12.3. The molecule has 5 heterocycles. The topological polar surface area (TPSA) is 145 Å². The van der Waals surface area contributed by atoms with Crippen molar-refractivity contribution in [2.45, 2.75) is 75.5 Å². The Morgan fingerprint density at radius 1 is 0.964 bits per heavy atom. The molecule has 1 saturated carbocycles. The normalized spacial score (nSPS) is 21.4. The zero-order valence-corrected chi connectivity index (χ0v) is 31.1. The van der Waals surface area contributed by atoms with Crippen LogP contribution in [-0.4, -0.2) is 73.3 Å². The molecule has 3 aromatic heterocycles. The summed E-state index contributed by atoms with van der Waals surface area (Å²) in [5.74, 6) is -0.230. The van der Waals surface area contributed by atoms with Crippen LogP contribution in [0.2, 0.25) is 0 Å². The summed E-state index contributed by atoms with van der Waals surface area (Å²) in [6.07, 6.45) is 3.94. The number of anilines is 1. The number of rotatable bonds is 8. The smallest absolute Gasteiger partial charge is 0.433 e. The first-order valence-corrected chi connectivity index (χ1v) is 19.1. The molecule has 2 aromatic carbocycles. The van der Waals surface area contributed by atoms with E-state index in [-0.39, 0.29) is 29.8 Å². The molecule has 16 heteroatoms. The second-order valence-electron chi connectivity index (χ2n) is 15.3. The SMILES string of the molecule is COc1cc2nn([C@H]3CC[C@H](CN4CCC(c5ccc6c(c5)n(C)c(=O)n6C5CCC(=O)NC5=O)CC4)CC3)cc2cc1NC(=O)c1cccc(C(F)(F)F)n1. The molecule has 3 fully saturated rings. The van der Waals surface area contributed by atoms with Gasteiger partial charge in [0.2, 0.25) is 11.8 Å². The van der Waals surface area contributed by atoms with Gasteiger partial charge in [-0.25, -0.2) is 9.78 Å². The van der Waals surface area contributed by atoms with Crippen molar-refractivity contribution < 1.29 is 32.3 Å². The molecule has 0 bridgehead atoms. The largest absolute Gasteiger partial charge is 0.494 e. The van der Waals surface area contributed by atoms with Crippen molar-refractivity contribution in [2.24, 2.45) is 13.0 Å². The maximum absolute atomic E-state index is 13.2. The third kappa shape index (κ3) is 7.29. The van der Waals surface area contributed by atoms with E-state index in [9.17, 15) is 32.3 Å². The minimum absolute atomic E-state index is 0.207. The lowest BCUT2D eigenvalue weighted by Crippen LogP contribution is -2.44. The average Bonchev–Trinajstić information content (AvgIpc) is 3.71. The van der Waals surface area contributed by atoms with E-state index in [1.807, 2.05) is 16.9 Å². The lowest BCUT2D eigenvalue weighted by atomic mass is 9.84. The van der Waals surface area contributed by atoms with E-state index >= 15 is 0 Å². The maximum Gasteiger partial charge on any atom is 0.433 e. The van der Waals surface area contributed by atoms with E-state index < -0.39 is 29.7 Å². The number of piperidine rings is 2. The summed E-state index contributed by atoms with van der Waals surface area (Å²) in [7, 11) is 3.18. The van der Waals surface area contributed by atoms with Gasteiger partial charge in [0.25, 0.3) is 5.91 Å². The molecule has 2 aliphatic heterocycles. The van der Waals surface area contributed by atoms with Crippen LogP contribution in [0.3, 0.4) is 0 Å². The Morgan fingerprint density at radius 3 is 2.45 bits per heavy atom. The molecule has 1 aliphatic carbocycles. The predicted octanol–water partition coefficient (Wildman–Crippen LogP) is 5.95. The summed E-state index contributed by atoms with van der Waals surface area (Å²) in [5, 5.41) is 10.6. The highest BCUT2D eigenvalue weighted by atomic mass is 19.4. The Balaban J connectivity index is 0.859. The Bertz CT molecular complexity index is 2380. The van der Waals surface area contributed by atoms with Gasteiger partial charge in [0.1, 0.15) is 23.2 Å². The van der Waals surface area contributed by atoms with Crippen molar-refractivity contribution in [3.63, 3.8) is 0 Å². The van der Waals surface area contributed by atoms with E-state index in [0.29, 0.717) is 40.7 Å². The summed E-state index contributed by atoms with van der Waals surface area (Å²) < 4.78 is 50.1. The number of hydrogen-bond donors (Lipinski definition) is 2. The molecular formula is C40H43F3N8O5. The molecule has 0 radical (unpaired) electrons. The highest BCUT2D eigenvalue weighted by molar-refractivity contribution is 6.05. The van der Waals surface area contributed by atoms with Gasteiger partial charge in [0.15, 0.2) is 0 Å². The van der Waals surface area contributed by atoms with E-state index in [0.717, 1.165) is 81.2 Å². The molecule has 56 heavy (non-hydrogen) atoms. The van der Waals surface area contributed by atoms with Gasteiger partial charge in [-0.15, -0.1) is 0 Å². The van der Waals surface area contributed by atoms with Crippen molar-refractivity contribution in [3.05, 3.63) is 82.2 Å². The van der Waals surface area contributed by atoms with E-state index in [1.54, 1.807) is 23.7 Å². The molecule has 8 rings (SSSR count). The maximum atomic E-state index is 13.2. The van der Waals surface area contributed by atoms with Crippen LogP contribution in [-0.2, 0) is 22.8 Å². The number of benzene rings is 2. The Labute approximate surface area is 319 Å². The van der Waals surface area contributed by atoms with Gasteiger partial charge in [0.05, 0.1) is 35.4 Å². The quantitative estimate of drug-likeness (QED) is 0.184. The number of imidazole rings is 1. The number of carbonyl (C=O) groups excluding carboxylic acids is 3. The van der Waals surface area contributed by atoms with Gasteiger partial charge in [-0.2, -0.15) is 18.3 Å². The number of carbonyl (C=O) groups is 3. The molecule has 2 N–H and O–H groups in total. The first kappa shape index (κ1) is 37.4. The fourth-order valence-corrected chi connectivity index (χ4v) is 8.70.